The number of aromatic nitrogens is 4. The molecule has 2 aromatic rings. The van der Waals surface area contributed by atoms with E-state index in [-0.39, 0.29) is 30.2 Å². The summed E-state index contributed by atoms with van der Waals surface area (Å²) in [6, 6.07) is 0. The second-order valence-electron chi connectivity index (χ2n) is 7.13. The van der Waals surface area contributed by atoms with E-state index >= 15 is 0 Å². The highest BCUT2D eigenvalue weighted by atomic mass is 19.3. The Hall–Kier alpha value is -1.83. The quantitative estimate of drug-likeness (QED) is 0.855. The van der Waals surface area contributed by atoms with Crippen molar-refractivity contribution < 1.29 is 8.78 Å². The van der Waals surface area contributed by atoms with Gasteiger partial charge in [0.05, 0.1) is 6.20 Å². The maximum Gasteiger partial charge on any atom is 0.276 e. The number of halogens is 2. The molecule has 0 spiro atoms. The number of H-pyrrole nitrogens is 1. The molecule has 2 aliphatic rings. The Kier molecular flexibility index (Phi) is 5.41. The first kappa shape index (κ1) is 18.9. The van der Waals surface area contributed by atoms with Crippen LogP contribution in [0.4, 0.5) is 8.78 Å². The van der Waals surface area contributed by atoms with Crippen molar-refractivity contribution in [3.05, 3.63) is 28.2 Å². The van der Waals surface area contributed by atoms with Gasteiger partial charge in [0, 0.05) is 31.2 Å². The van der Waals surface area contributed by atoms with E-state index in [9.17, 15) is 13.6 Å². The number of hydrogen-bond acceptors (Lipinski definition) is 4. The molecule has 8 heteroatoms. The highest BCUT2D eigenvalue weighted by Gasteiger charge is 2.37. The van der Waals surface area contributed by atoms with E-state index in [0.29, 0.717) is 35.9 Å². The smallest absolute Gasteiger partial charge is 0.276 e. The van der Waals surface area contributed by atoms with Gasteiger partial charge in [0.2, 0.25) is 5.92 Å². The fraction of sp³-hybridized carbons (Fsp3) is 0.722. The number of fused-ring (bicyclic) bond motifs is 1. The summed E-state index contributed by atoms with van der Waals surface area (Å²) in [5, 5.41) is 7.91. The Morgan fingerprint density at radius 3 is 2.54 bits per heavy atom. The van der Waals surface area contributed by atoms with Gasteiger partial charge in [-0.2, -0.15) is 5.10 Å². The Labute approximate surface area is 151 Å². The minimum absolute atomic E-state index is 0.0756. The summed E-state index contributed by atoms with van der Waals surface area (Å²) >= 11 is 0. The normalized spacial score (nSPS) is 25.9. The average molecular weight is 367 g/mol. The number of rotatable bonds is 2. The monoisotopic (exact) mass is 367 g/mol. The first-order valence-electron chi connectivity index (χ1n) is 9.51. The number of aromatic amines is 1. The van der Waals surface area contributed by atoms with Crippen LogP contribution in [0.1, 0.15) is 69.9 Å². The van der Waals surface area contributed by atoms with Crippen molar-refractivity contribution in [2.24, 2.45) is 5.92 Å². The summed E-state index contributed by atoms with van der Waals surface area (Å²) in [6.07, 6.45) is 1.97. The molecule has 1 aliphatic carbocycles. The Balaban J connectivity index is 0.000000948. The third-order valence-corrected chi connectivity index (χ3v) is 5.40. The van der Waals surface area contributed by atoms with Crippen LogP contribution < -0.4 is 10.9 Å². The molecule has 3 heterocycles. The van der Waals surface area contributed by atoms with E-state index in [0.717, 1.165) is 13.1 Å². The first-order valence-corrected chi connectivity index (χ1v) is 9.51. The van der Waals surface area contributed by atoms with Gasteiger partial charge in [0.1, 0.15) is 11.6 Å². The van der Waals surface area contributed by atoms with Crippen molar-refractivity contribution in [2.75, 3.05) is 13.1 Å². The van der Waals surface area contributed by atoms with Gasteiger partial charge in [-0.05, 0) is 25.3 Å². The van der Waals surface area contributed by atoms with Gasteiger partial charge < -0.3 is 10.3 Å². The molecule has 2 fully saturated rings. The molecule has 26 heavy (non-hydrogen) atoms. The van der Waals surface area contributed by atoms with Crippen molar-refractivity contribution in [1.82, 2.24) is 24.9 Å². The molecule has 6 nitrogen and oxygen atoms in total. The topological polar surface area (TPSA) is 75.1 Å². The van der Waals surface area contributed by atoms with Gasteiger partial charge in [-0.15, -0.1) is 0 Å². The van der Waals surface area contributed by atoms with Crippen LogP contribution in [0.15, 0.2) is 11.0 Å². The number of nitrogens with zero attached hydrogens (tertiary/aromatic N) is 3. The van der Waals surface area contributed by atoms with E-state index in [2.05, 4.69) is 27.3 Å². The molecule has 2 N–H and O–H groups in total. The minimum atomic E-state index is -2.58. The molecule has 2 atom stereocenters. The van der Waals surface area contributed by atoms with Gasteiger partial charge in [-0.25, -0.2) is 18.3 Å². The van der Waals surface area contributed by atoms with Crippen LogP contribution in [0.5, 0.6) is 0 Å². The third-order valence-electron chi connectivity index (χ3n) is 5.40. The molecule has 0 amide bonds. The van der Waals surface area contributed by atoms with Crippen molar-refractivity contribution in [3.63, 3.8) is 0 Å². The van der Waals surface area contributed by atoms with Crippen LogP contribution in [-0.2, 0) is 0 Å². The SMILES string of the molecule is CC.CC1CNCC1c1nn2c(C3CCC(F)(F)CC3)ncc2c(=O)[nH]1. The predicted molar refractivity (Wildman–Crippen MR) is 95.9 cm³/mol. The number of imidazole rings is 1. The van der Waals surface area contributed by atoms with Crippen molar-refractivity contribution in [3.8, 4) is 0 Å². The summed E-state index contributed by atoms with van der Waals surface area (Å²) in [6.45, 7) is 7.78. The third kappa shape index (κ3) is 3.51. The summed E-state index contributed by atoms with van der Waals surface area (Å²) in [5.74, 6) is -0.853. The maximum atomic E-state index is 13.4. The molecule has 0 bridgehead atoms. The summed E-state index contributed by atoms with van der Waals surface area (Å²) in [4.78, 5) is 19.6. The molecule has 2 unspecified atom stereocenters. The van der Waals surface area contributed by atoms with Crippen molar-refractivity contribution >= 4 is 5.52 Å². The van der Waals surface area contributed by atoms with Crippen LogP contribution in [0.3, 0.4) is 0 Å². The first-order chi connectivity index (χ1) is 12.4. The van der Waals surface area contributed by atoms with E-state index in [1.807, 2.05) is 13.8 Å². The van der Waals surface area contributed by atoms with E-state index < -0.39 is 5.92 Å². The van der Waals surface area contributed by atoms with E-state index in [1.54, 1.807) is 4.52 Å². The molecule has 2 aromatic heterocycles. The zero-order chi connectivity index (χ0) is 18.9. The van der Waals surface area contributed by atoms with Crippen molar-refractivity contribution in [1.29, 1.82) is 0 Å². The Morgan fingerprint density at radius 2 is 1.92 bits per heavy atom. The van der Waals surface area contributed by atoms with E-state index in [1.165, 1.54) is 6.20 Å². The fourth-order valence-electron chi connectivity index (χ4n) is 3.85. The zero-order valence-corrected chi connectivity index (χ0v) is 15.6. The molecule has 1 saturated heterocycles. The molecule has 144 valence electrons. The summed E-state index contributed by atoms with van der Waals surface area (Å²) in [7, 11) is 0. The van der Waals surface area contributed by atoms with Gasteiger partial charge in [-0.1, -0.05) is 20.8 Å². The summed E-state index contributed by atoms with van der Waals surface area (Å²) < 4.78 is 28.4. The van der Waals surface area contributed by atoms with E-state index in [4.69, 9.17) is 0 Å². The predicted octanol–water partition coefficient (Wildman–Crippen LogP) is 3.06. The maximum absolute atomic E-state index is 13.4. The van der Waals surface area contributed by atoms with Gasteiger partial charge in [-0.3, -0.25) is 4.79 Å². The second-order valence-corrected chi connectivity index (χ2v) is 7.13. The number of nitrogens with one attached hydrogen (secondary N) is 2. The van der Waals surface area contributed by atoms with Gasteiger partial charge >= 0.3 is 0 Å². The molecule has 0 aromatic carbocycles. The van der Waals surface area contributed by atoms with Gasteiger partial charge in [0.15, 0.2) is 5.52 Å². The fourth-order valence-corrected chi connectivity index (χ4v) is 3.85. The standard InChI is InChI=1S/C16H21F2N5O.C2H6/c1-9-6-19-7-11(9)13-21-15(24)12-8-20-14(23(12)22-13)10-2-4-16(17,18)5-3-10;1-2/h8-11,19H,2-7H2,1H3,(H,21,22,24);1-2H3. The highest BCUT2D eigenvalue weighted by molar-refractivity contribution is 5.42. The molecule has 1 aliphatic heterocycles. The minimum Gasteiger partial charge on any atom is -0.316 e. The molecule has 0 radical (unpaired) electrons. The van der Waals surface area contributed by atoms with Crippen LogP contribution in [0.25, 0.3) is 5.52 Å². The lowest BCUT2D eigenvalue weighted by atomic mass is 9.86. The van der Waals surface area contributed by atoms with Gasteiger partial charge in [0.25, 0.3) is 5.56 Å². The van der Waals surface area contributed by atoms with Crippen LogP contribution in [0.2, 0.25) is 0 Å². The highest BCUT2D eigenvalue weighted by Crippen LogP contribution is 2.40. The number of alkyl halides is 2. The lowest BCUT2D eigenvalue weighted by Crippen LogP contribution is -2.26. The number of hydrogen-bond donors (Lipinski definition) is 2. The van der Waals surface area contributed by atoms with Crippen LogP contribution >= 0.6 is 0 Å². The Morgan fingerprint density at radius 1 is 1.23 bits per heavy atom. The molecule has 4 rings (SSSR count). The molecule has 1 saturated carbocycles. The summed E-state index contributed by atoms with van der Waals surface area (Å²) in [5.41, 5.74) is 0.156. The second kappa shape index (κ2) is 7.42. The largest absolute Gasteiger partial charge is 0.316 e. The van der Waals surface area contributed by atoms with Crippen LogP contribution in [-0.4, -0.2) is 38.6 Å². The zero-order valence-electron chi connectivity index (χ0n) is 15.6. The van der Waals surface area contributed by atoms with Crippen molar-refractivity contribution in [2.45, 2.75) is 64.2 Å². The lowest BCUT2D eigenvalue weighted by Gasteiger charge is -2.27. The Bertz CT molecular complexity index is 806. The molecular weight excluding hydrogens is 340 g/mol. The molecular formula is C18H27F2N5O. The average Bonchev–Trinajstić information content (AvgIpc) is 3.23. The van der Waals surface area contributed by atoms with Crippen LogP contribution in [0, 0.1) is 5.92 Å². The lowest BCUT2D eigenvalue weighted by molar-refractivity contribution is -0.0388.